The maximum atomic E-state index is 13.5. The number of benzene rings is 2. The monoisotopic (exact) mass is 498 g/mol. The zero-order chi connectivity index (χ0) is 26.0. The normalized spacial score (nSPS) is 30.8. The van der Waals surface area contributed by atoms with Crippen molar-refractivity contribution in [3.8, 4) is 6.07 Å². The van der Waals surface area contributed by atoms with Gasteiger partial charge in [-0.25, -0.2) is 9.69 Å². The van der Waals surface area contributed by atoms with Crippen molar-refractivity contribution >= 4 is 29.2 Å². The fourth-order valence-corrected chi connectivity index (χ4v) is 5.85. The van der Waals surface area contributed by atoms with Crippen LogP contribution in [-0.4, -0.2) is 35.1 Å². The summed E-state index contributed by atoms with van der Waals surface area (Å²) in [4.78, 5) is 40.3. The maximum Gasteiger partial charge on any atom is 0.417 e. The van der Waals surface area contributed by atoms with Crippen molar-refractivity contribution < 1.29 is 32.3 Å². The number of imide groups is 1. The highest BCUT2D eigenvalue weighted by Gasteiger charge is 2.76. The predicted octanol–water partition coefficient (Wildman–Crippen LogP) is 3.82. The van der Waals surface area contributed by atoms with Gasteiger partial charge in [0.2, 0.25) is 11.8 Å². The van der Waals surface area contributed by atoms with Gasteiger partial charge in [-0.05, 0) is 44.2 Å². The molecule has 4 amide bonds. The van der Waals surface area contributed by atoms with E-state index in [2.05, 4.69) is 10.6 Å². The SMILES string of the molecule is C[C@@]12O[C@](C)(C[C@H]1NC(=O)Nc1ccccc1)[C@H]1C(=O)N(c3ccc(C#N)c(C(F)(F)F)c3)C(=O)[C@H]12. The number of urea groups is 1. The number of rotatable bonds is 3. The zero-order valence-corrected chi connectivity index (χ0v) is 19.2. The summed E-state index contributed by atoms with van der Waals surface area (Å²) in [7, 11) is 0. The largest absolute Gasteiger partial charge is 0.417 e. The molecule has 186 valence electrons. The number of hydrogen-bond acceptors (Lipinski definition) is 5. The molecule has 0 spiro atoms. The van der Waals surface area contributed by atoms with Crippen molar-refractivity contribution in [2.75, 3.05) is 10.2 Å². The Morgan fingerprint density at radius 1 is 1.11 bits per heavy atom. The summed E-state index contributed by atoms with van der Waals surface area (Å²) < 4.78 is 46.7. The molecule has 3 aliphatic heterocycles. The maximum absolute atomic E-state index is 13.5. The number of para-hydroxylation sites is 1. The van der Waals surface area contributed by atoms with E-state index in [1.165, 1.54) is 6.07 Å². The Kier molecular flexibility index (Phi) is 5.16. The van der Waals surface area contributed by atoms with Crippen LogP contribution in [0.2, 0.25) is 0 Å². The molecule has 0 aromatic heterocycles. The molecule has 3 saturated heterocycles. The summed E-state index contributed by atoms with van der Waals surface area (Å²) in [5.74, 6) is -3.30. The number of halogens is 3. The van der Waals surface area contributed by atoms with Crippen molar-refractivity contribution in [3.05, 3.63) is 59.7 Å². The number of carbonyl (C=O) groups excluding carboxylic acids is 3. The molecule has 11 heteroatoms. The molecular weight excluding hydrogens is 477 g/mol. The average molecular weight is 498 g/mol. The standard InChI is InChI=1S/C25H21F3N4O4/c1-23-11-17(31-22(35)30-14-6-4-3-5-7-14)24(2,36-23)19-18(23)20(33)32(21(19)34)15-9-8-13(12-29)16(10-15)25(26,27)28/h3-10,17-19H,11H2,1-2H3,(H2,30,31,35)/t17-,18-,19+,23-,24-/m1/s1. The lowest BCUT2D eigenvalue weighted by atomic mass is 9.66. The molecule has 3 fully saturated rings. The van der Waals surface area contributed by atoms with E-state index in [0.717, 1.165) is 17.0 Å². The van der Waals surface area contributed by atoms with Gasteiger partial charge in [0.25, 0.3) is 0 Å². The third kappa shape index (κ3) is 3.44. The van der Waals surface area contributed by atoms with Gasteiger partial charge in [0.15, 0.2) is 0 Å². The Labute approximate surface area is 204 Å². The average Bonchev–Trinajstić information content (AvgIpc) is 3.33. The molecule has 2 aromatic carbocycles. The molecule has 8 nitrogen and oxygen atoms in total. The minimum atomic E-state index is -4.84. The van der Waals surface area contributed by atoms with Gasteiger partial charge in [0, 0.05) is 12.1 Å². The van der Waals surface area contributed by atoms with Gasteiger partial charge in [-0.3, -0.25) is 9.59 Å². The fraction of sp³-hybridized carbons (Fsp3) is 0.360. The van der Waals surface area contributed by atoms with E-state index in [0.29, 0.717) is 11.8 Å². The molecule has 2 N–H and O–H groups in total. The van der Waals surface area contributed by atoms with Crippen LogP contribution < -0.4 is 15.5 Å². The van der Waals surface area contributed by atoms with E-state index in [1.807, 2.05) is 0 Å². The molecular formula is C25H21F3N4O4. The number of nitrogens with one attached hydrogen (secondary N) is 2. The van der Waals surface area contributed by atoms with E-state index < -0.39 is 64.2 Å². The molecule has 5 rings (SSSR count). The number of anilines is 2. The van der Waals surface area contributed by atoms with Crippen molar-refractivity contribution in [1.82, 2.24) is 5.32 Å². The number of hydrogen-bond donors (Lipinski definition) is 2. The number of fused-ring (bicyclic) bond motifs is 5. The van der Waals surface area contributed by atoms with Crippen LogP contribution in [0.1, 0.15) is 31.4 Å². The van der Waals surface area contributed by atoms with Crippen LogP contribution in [0.25, 0.3) is 0 Å². The summed E-state index contributed by atoms with van der Waals surface area (Å²) in [5.41, 5.74) is -3.90. The minimum absolute atomic E-state index is 0.237. The van der Waals surface area contributed by atoms with E-state index in [1.54, 1.807) is 44.2 Å². The highest BCUT2D eigenvalue weighted by molar-refractivity contribution is 6.23. The second kappa shape index (κ2) is 7.80. The third-order valence-electron chi connectivity index (χ3n) is 7.36. The van der Waals surface area contributed by atoms with Gasteiger partial charge in [-0.15, -0.1) is 0 Å². The summed E-state index contributed by atoms with van der Waals surface area (Å²) >= 11 is 0. The lowest BCUT2D eigenvalue weighted by Gasteiger charge is -2.35. The molecule has 0 aliphatic carbocycles. The molecule has 0 radical (unpaired) electrons. The smallest absolute Gasteiger partial charge is 0.365 e. The highest BCUT2D eigenvalue weighted by Crippen LogP contribution is 2.61. The molecule has 3 heterocycles. The molecule has 0 saturated carbocycles. The number of nitriles is 1. The number of nitrogens with zero attached hydrogens (tertiary/aromatic N) is 2. The number of carbonyl (C=O) groups is 3. The van der Waals surface area contributed by atoms with Crippen LogP contribution in [-0.2, 0) is 20.5 Å². The number of ether oxygens (including phenoxy) is 1. The second-order valence-corrected chi connectivity index (χ2v) is 9.63. The molecule has 2 aromatic rings. The van der Waals surface area contributed by atoms with Crippen LogP contribution in [0, 0.1) is 23.2 Å². The highest BCUT2D eigenvalue weighted by atomic mass is 19.4. The Balaban J connectivity index is 1.44. The number of amides is 4. The zero-order valence-electron chi connectivity index (χ0n) is 19.2. The Bertz CT molecular complexity index is 1320. The fourth-order valence-electron chi connectivity index (χ4n) is 5.85. The van der Waals surface area contributed by atoms with E-state index in [4.69, 9.17) is 10.00 Å². The topological polar surface area (TPSA) is 112 Å². The quantitative estimate of drug-likeness (QED) is 0.625. The van der Waals surface area contributed by atoms with Gasteiger partial charge in [0.05, 0.1) is 52.0 Å². The molecule has 5 atom stereocenters. The van der Waals surface area contributed by atoms with E-state index in [9.17, 15) is 27.6 Å². The summed E-state index contributed by atoms with van der Waals surface area (Å²) in [6.45, 7) is 3.30. The van der Waals surface area contributed by atoms with E-state index >= 15 is 0 Å². The first-order chi connectivity index (χ1) is 16.9. The van der Waals surface area contributed by atoms with Crippen LogP contribution in [0.4, 0.5) is 29.3 Å². The van der Waals surface area contributed by atoms with Gasteiger partial charge in [-0.1, -0.05) is 18.2 Å². The van der Waals surface area contributed by atoms with Crippen LogP contribution in [0.15, 0.2) is 48.5 Å². The van der Waals surface area contributed by atoms with Gasteiger partial charge in [-0.2, -0.15) is 18.4 Å². The molecule has 2 bridgehead atoms. The second-order valence-electron chi connectivity index (χ2n) is 9.63. The lowest BCUT2D eigenvalue weighted by molar-refractivity contribution is -0.138. The Morgan fingerprint density at radius 2 is 1.78 bits per heavy atom. The first kappa shape index (κ1) is 23.8. The van der Waals surface area contributed by atoms with Crippen LogP contribution in [0.5, 0.6) is 0 Å². The predicted molar refractivity (Wildman–Crippen MR) is 121 cm³/mol. The first-order valence-electron chi connectivity index (χ1n) is 11.2. The Morgan fingerprint density at radius 3 is 2.42 bits per heavy atom. The van der Waals surface area contributed by atoms with E-state index in [-0.39, 0.29) is 12.1 Å². The Hall–Kier alpha value is -3.91. The summed E-state index contributed by atoms with van der Waals surface area (Å²) in [6, 6.07) is 11.8. The summed E-state index contributed by atoms with van der Waals surface area (Å²) in [6.07, 6.45) is -4.61. The van der Waals surface area contributed by atoms with Crippen LogP contribution >= 0.6 is 0 Å². The molecule has 0 unspecified atom stereocenters. The third-order valence-corrected chi connectivity index (χ3v) is 7.36. The van der Waals surface area contributed by atoms with Gasteiger partial charge >= 0.3 is 12.2 Å². The lowest BCUT2D eigenvalue weighted by Crippen LogP contribution is -2.57. The van der Waals surface area contributed by atoms with Gasteiger partial charge in [0.1, 0.15) is 0 Å². The summed E-state index contributed by atoms with van der Waals surface area (Å²) in [5, 5.41) is 14.6. The van der Waals surface area contributed by atoms with Crippen molar-refractivity contribution in [2.24, 2.45) is 11.8 Å². The van der Waals surface area contributed by atoms with Crippen molar-refractivity contribution in [3.63, 3.8) is 0 Å². The van der Waals surface area contributed by atoms with Gasteiger partial charge < -0.3 is 15.4 Å². The van der Waals surface area contributed by atoms with Crippen LogP contribution in [0.3, 0.4) is 0 Å². The molecule has 3 aliphatic rings. The van der Waals surface area contributed by atoms with Crippen molar-refractivity contribution in [1.29, 1.82) is 5.26 Å². The molecule has 36 heavy (non-hydrogen) atoms. The number of alkyl halides is 3. The van der Waals surface area contributed by atoms with Crippen molar-refractivity contribution in [2.45, 2.75) is 43.7 Å². The first-order valence-corrected chi connectivity index (χ1v) is 11.2. The minimum Gasteiger partial charge on any atom is -0.365 e.